The van der Waals surface area contributed by atoms with Crippen molar-refractivity contribution in [2.45, 2.75) is 38.8 Å². The van der Waals surface area contributed by atoms with Crippen LogP contribution in [-0.4, -0.2) is 32.7 Å². The zero-order valence-corrected chi connectivity index (χ0v) is 19.9. The molecule has 1 N–H and O–H groups in total. The van der Waals surface area contributed by atoms with Gasteiger partial charge in [0.2, 0.25) is 15.9 Å². The van der Waals surface area contributed by atoms with Gasteiger partial charge in [-0.15, -0.1) is 0 Å². The molecule has 2 aromatic carbocycles. The lowest BCUT2D eigenvalue weighted by Gasteiger charge is -2.38. The Labute approximate surface area is 185 Å². The van der Waals surface area contributed by atoms with Crippen LogP contribution in [0.1, 0.15) is 37.4 Å². The van der Waals surface area contributed by atoms with Crippen molar-refractivity contribution in [1.29, 1.82) is 0 Å². The van der Waals surface area contributed by atoms with Crippen molar-refractivity contribution in [3.05, 3.63) is 57.2 Å². The molecule has 0 radical (unpaired) electrons. The molecule has 1 aliphatic rings. The SMILES string of the molecule is Cc1ccc2c(c1)C(NC(=O)CN(c1ccc(I)cc1)S(C)(=O)=O)CC(C)(C)O2. The maximum absolute atomic E-state index is 12.9. The van der Waals surface area contributed by atoms with E-state index in [1.165, 1.54) is 0 Å². The average molecular weight is 528 g/mol. The molecular formula is C21H25IN2O4S. The maximum Gasteiger partial charge on any atom is 0.241 e. The van der Waals surface area contributed by atoms with Gasteiger partial charge >= 0.3 is 0 Å². The van der Waals surface area contributed by atoms with Crippen LogP contribution in [0.5, 0.6) is 5.75 Å². The van der Waals surface area contributed by atoms with Gasteiger partial charge in [0, 0.05) is 15.6 Å². The van der Waals surface area contributed by atoms with Crippen molar-refractivity contribution in [3.8, 4) is 5.75 Å². The fraction of sp³-hybridized carbons (Fsp3) is 0.381. The number of halogens is 1. The quantitative estimate of drug-likeness (QED) is 0.600. The Morgan fingerprint density at radius 1 is 1.24 bits per heavy atom. The Morgan fingerprint density at radius 2 is 1.90 bits per heavy atom. The van der Waals surface area contributed by atoms with Gasteiger partial charge in [-0.3, -0.25) is 9.10 Å². The van der Waals surface area contributed by atoms with E-state index in [2.05, 4.69) is 27.9 Å². The van der Waals surface area contributed by atoms with E-state index >= 15 is 0 Å². The van der Waals surface area contributed by atoms with Crippen molar-refractivity contribution >= 4 is 44.2 Å². The molecule has 1 unspecified atom stereocenters. The summed E-state index contributed by atoms with van der Waals surface area (Å²) < 4.78 is 32.8. The number of carbonyl (C=O) groups excluding carboxylic acids is 1. The molecule has 29 heavy (non-hydrogen) atoms. The molecule has 8 heteroatoms. The number of amides is 1. The lowest BCUT2D eigenvalue weighted by Crippen LogP contribution is -2.45. The van der Waals surface area contributed by atoms with E-state index in [1.807, 2.05) is 51.1 Å². The molecule has 0 bridgehead atoms. The van der Waals surface area contributed by atoms with Gasteiger partial charge in [-0.1, -0.05) is 17.7 Å². The van der Waals surface area contributed by atoms with E-state index in [0.29, 0.717) is 12.1 Å². The topological polar surface area (TPSA) is 75.7 Å². The highest BCUT2D eigenvalue weighted by Crippen LogP contribution is 2.39. The van der Waals surface area contributed by atoms with E-state index in [9.17, 15) is 13.2 Å². The summed E-state index contributed by atoms with van der Waals surface area (Å²) in [5.74, 6) is 0.388. The van der Waals surface area contributed by atoms with E-state index in [4.69, 9.17) is 4.74 Å². The van der Waals surface area contributed by atoms with Crippen molar-refractivity contribution in [2.75, 3.05) is 17.1 Å². The Kier molecular flexibility index (Phi) is 6.14. The molecule has 2 aromatic rings. The molecule has 1 heterocycles. The van der Waals surface area contributed by atoms with Crippen LogP contribution in [0.3, 0.4) is 0 Å². The fourth-order valence-electron chi connectivity index (χ4n) is 3.48. The lowest BCUT2D eigenvalue weighted by molar-refractivity contribution is -0.120. The van der Waals surface area contributed by atoms with Crippen molar-refractivity contribution in [2.24, 2.45) is 0 Å². The number of sulfonamides is 1. The highest BCUT2D eigenvalue weighted by Gasteiger charge is 2.35. The Bertz CT molecular complexity index is 1020. The zero-order valence-electron chi connectivity index (χ0n) is 16.9. The molecule has 0 aliphatic carbocycles. The number of anilines is 1. The van der Waals surface area contributed by atoms with Gasteiger partial charge in [0.1, 0.15) is 17.9 Å². The molecule has 3 rings (SSSR count). The Hall–Kier alpha value is -1.81. The van der Waals surface area contributed by atoms with Gasteiger partial charge in [-0.05, 0) is 73.7 Å². The number of nitrogens with zero attached hydrogens (tertiary/aromatic N) is 1. The summed E-state index contributed by atoms with van der Waals surface area (Å²) in [4.78, 5) is 12.9. The first-order valence-electron chi connectivity index (χ1n) is 9.27. The lowest BCUT2D eigenvalue weighted by atomic mass is 9.89. The number of carbonyl (C=O) groups is 1. The first kappa shape index (κ1) is 21.9. The summed E-state index contributed by atoms with van der Waals surface area (Å²) in [6.07, 6.45) is 1.70. The number of aryl methyl sites for hydroxylation is 1. The molecule has 0 saturated carbocycles. The molecule has 0 saturated heterocycles. The minimum Gasteiger partial charge on any atom is -0.487 e. The smallest absolute Gasteiger partial charge is 0.241 e. The van der Waals surface area contributed by atoms with Gasteiger partial charge in [0.05, 0.1) is 18.0 Å². The number of hydrogen-bond acceptors (Lipinski definition) is 4. The van der Waals surface area contributed by atoms with Crippen LogP contribution in [0.15, 0.2) is 42.5 Å². The van der Waals surface area contributed by atoms with Crippen LogP contribution < -0.4 is 14.4 Å². The molecule has 6 nitrogen and oxygen atoms in total. The minimum absolute atomic E-state index is 0.251. The molecule has 1 aliphatic heterocycles. The van der Waals surface area contributed by atoms with Crippen LogP contribution >= 0.6 is 22.6 Å². The number of benzene rings is 2. The van der Waals surface area contributed by atoms with Crippen molar-refractivity contribution < 1.29 is 17.9 Å². The van der Waals surface area contributed by atoms with Crippen molar-refractivity contribution in [3.63, 3.8) is 0 Å². The summed E-state index contributed by atoms with van der Waals surface area (Å²) in [7, 11) is -3.61. The number of fused-ring (bicyclic) bond motifs is 1. The maximum atomic E-state index is 12.9. The van der Waals surface area contributed by atoms with Gasteiger partial charge < -0.3 is 10.1 Å². The monoisotopic (exact) mass is 528 g/mol. The highest BCUT2D eigenvalue weighted by molar-refractivity contribution is 14.1. The van der Waals surface area contributed by atoms with E-state index < -0.39 is 15.6 Å². The van der Waals surface area contributed by atoms with E-state index in [-0.39, 0.29) is 18.5 Å². The van der Waals surface area contributed by atoms with Crippen molar-refractivity contribution in [1.82, 2.24) is 5.32 Å². The molecule has 1 atom stereocenters. The van der Waals surface area contributed by atoms with E-state index in [1.54, 1.807) is 12.1 Å². The minimum atomic E-state index is -3.61. The van der Waals surface area contributed by atoms with Crippen LogP contribution in [0.4, 0.5) is 5.69 Å². The first-order chi connectivity index (χ1) is 13.4. The van der Waals surface area contributed by atoms with Gasteiger partial charge in [-0.25, -0.2) is 8.42 Å². The second-order valence-electron chi connectivity index (χ2n) is 7.97. The second kappa shape index (κ2) is 8.14. The third kappa shape index (κ3) is 5.42. The Morgan fingerprint density at radius 3 is 2.52 bits per heavy atom. The molecular weight excluding hydrogens is 503 g/mol. The average Bonchev–Trinajstić information content (AvgIpc) is 2.60. The van der Waals surface area contributed by atoms with Crippen LogP contribution in [-0.2, 0) is 14.8 Å². The molecule has 156 valence electrons. The molecule has 0 spiro atoms. The van der Waals surface area contributed by atoms with Crippen LogP contribution in [0.25, 0.3) is 0 Å². The number of nitrogens with one attached hydrogen (secondary N) is 1. The number of ether oxygens (including phenoxy) is 1. The summed E-state index contributed by atoms with van der Waals surface area (Å²) in [6, 6.07) is 12.7. The van der Waals surface area contributed by atoms with Gasteiger partial charge in [-0.2, -0.15) is 0 Å². The third-order valence-corrected chi connectivity index (χ3v) is 6.62. The molecule has 0 fully saturated rings. The van der Waals surface area contributed by atoms with E-state index in [0.717, 1.165) is 31.0 Å². The number of hydrogen-bond donors (Lipinski definition) is 1. The molecule has 0 aromatic heterocycles. The fourth-order valence-corrected chi connectivity index (χ4v) is 4.70. The second-order valence-corrected chi connectivity index (χ2v) is 11.1. The van der Waals surface area contributed by atoms with Gasteiger partial charge in [0.15, 0.2) is 0 Å². The predicted octanol–water partition coefficient (Wildman–Crippen LogP) is 3.78. The summed E-state index contributed by atoms with van der Waals surface area (Å²) in [5.41, 5.74) is 2.01. The first-order valence-corrected chi connectivity index (χ1v) is 12.2. The standard InChI is InChI=1S/C21H25IN2O4S/c1-14-5-10-19-17(11-14)18(12-21(2,3)28-19)23-20(25)13-24(29(4,26)27)16-8-6-15(22)7-9-16/h5-11,18H,12-13H2,1-4H3,(H,23,25). The van der Waals surface area contributed by atoms with Crippen LogP contribution in [0, 0.1) is 10.5 Å². The highest BCUT2D eigenvalue weighted by atomic mass is 127. The third-order valence-electron chi connectivity index (χ3n) is 4.76. The summed E-state index contributed by atoms with van der Waals surface area (Å²) in [5, 5.41) is 3.02. The molecule has 1 amide bonds. The van der Waals surface area contributed by atoms with Gasteiger partial charge in [0.25, 0.3) is 0 Å². The van der Waals surface area contributed by atoms with Crippen LogP contribution in [0.2, 0.25) is 0 Å². The zero-order chi connectivity index (χ0) is 21.4. The summed E-state index contributed by atoms with van der Waals surface area (Å²) in [6.45, 7) is 5.66. The summed E-state index contributed by atoms with van der Waals surface area (Å²) >= 11 is 2.15. The predicted molar refractivity (Wildman–Crippen MR) is 123 cm³/mol. The Balaban J connectivity index is 1.83. The largest absolute Gasteiger partial charge is 0.487 e. The number of rotatable bonds is 5. The normalized spacial score (nSPS) is 17.8.